The van der Waals surface area contributed by atoms with E-state index in [0.29, 0.717) is 12.0 Å². The summed E-state index contributed by atoms with van der Waals surface area (Å²) in [5, 5.41) is 12.0. The average Bonchev–Trinajstić information content (AvgIpc) is 2.02. The number of ether oxygens (including phenoxy) is 1. The maximum absolute atomic E-state index is 8.64. The van der Waals surface area contributed by atoms with Crippen molar-refractivity contribution in [2.24, 2.45) is 5.92 Å². The summed E-state index contributed by atoms with van der Waals surface area (Å²) in [7, 11) is 1.72. The van der Waals surface area contributed by atoms with Gasteiger partial charge < -0.3 is 15.2 Å². The Morgan fingerprint density at radius 1 is 1.42 bits per heavy atom. The maximum Gasteiger partial charge on any atom is 0.0499 e. The smallest absolute Gasteiger partial charge is 0.0499 e. The van der Waals surface area contributed by atoms with Gasteiger partial charge in [0, 0.05) is 32.9 Å². The molecule has 0 saturated heterocycles. The van der Waals surface area contributed by atoms with Gasteiger partial charge in [-0.1, -0.05) is 6.92 Å². The number of aliphatic hydroxyl groups is 1. The maximum atomic E-state index is 8.64. The van der Waals surface area contributed by atoms with Crippen LogP contribution in [-0.4, -0.2) is 38.0 Å². The lowest BCUT2D eigenvalue weighted by molar-refractivity contribution is 0.156. The molecule has 2 N–H and O–H groups in total. The molecule has 3 nitrogen and oxygen atoms in total. The van der Waals surface area contributed by atoms with E-state index < -0.39 is 0 Å². The van der Waals surface area contributed by atoms with Crippen molar-refractivity contribution in [3.05, 3.63) is 0 Å². The third-order valence-electron chi connectivity index (χ3n) is 1.83. The van der Waals surface area contributed by atoms with Crippen LogP contribution in [0.15, 0.2) is 0 Å². The molecule has 0 aliphatic rings. The van der Waals surface area contributed by atoms with Crippen molar-refractivity contribution < 1.29 is 9.84 Å². The monoisotopic (exact) mass is 175 g/mol. The van der Waals surface area contributed by atoms with Crippen molar-refractivity contribution in [2.75, 3.05) is 26.9 Å². The molecule has 2 unspecified atom stereocenters. The number of aliphatic hydroxyl groups excluding tert-OH is 1. The van der Waals surface area contributed by atoms with Crippen molar-refractivity contribution in [1.82, 2.24) is 5.32 Å². The molecule has 3 heteroatoms. The van der Waals surface area contributed by atoms with E-state index in [1.54, 1.807) is 7.11 Å². The second-order valence-electron chi connectivity index (χ2n) is 3.38. The fraction of sp³-hybridized carbons (Fsp3) is 1.00. The molecule has 0 radical (unpaired) electrons. The zero-order valence-electron chi connectivity index (χ0n) is 8.34. The highest BCUT2D eigenvalue weighted by Crippen LogP contribution is 1.95. The third-order valence-corrected chi connectivity index (χ3v) is 1.83. The molecule has 12 heavy (non-hydrogen) atoms. The Morgan fingerprint density at radius 2 is 2.08 bits per heavy atom. The SMILES string of the molecule is COCC(C)CNC(C)CCO. The van der Waals surface area contributed by atoms with Crippen LogP contribution < -0.4 is 5.32 Å². The van der Waals surface area contributed by atoms with Crippen LogP contribution in [0.4, 0.5) is 0 Å². The van der Waals surface area contributed by atoms with Gasteiger partial charge in [0.05, 0.1) is 0 Å². The first-order valence-electron chi connectivity index (χ1n) is 4.53. The predicted octanol–water partition coefficient (Wildman–Crippen LogP) is 0.629. The fourth-order valence-corrected chi connectivity index (χ4v) is 1.04. The van der Waals surface area contributed by atoms with E-state index in [1.165, 1.54) is 0 Å². The summed E-state index contributed by atoms with van der Waals surface area (Å²) in [4.78, 5) is 0. The Hall–Kier alpha value is -0.120. The Bertz CT molecular complexity index is 86.5. The van der Waals surface area contributed by atoms with Gasteiger partial charge in [0.15, 0.2) is 0 Å². The summed E-state index contributed by atoms with van der Waals surface area (Å²) >= 11 is 0. The average molecular weight is 175 g/mol. The molecule has 0 aromatic carbocycles. The molecule has 0 aromatic heterocycles. The van der Waals surface area contributed by atoms with Crippen molar-refractivity contribution in [3.63, 3.8) is 0 Å². The third kappa shape index (κ3) is 6.58. The molecule has 0 heterocycles. The summed E-state index contributed by atoms with van der Waals surface area (Å²) in [6.07, 6.45) is 0.819. The van der Waals surface area contributed by atoms with Crippen LogP contribution in [0.5, 0.6) is 0 Å². The van der Waals surface area contributed by atoms with Crippen molar-refractivity contribution in [1.29, 1.82) is 0 Å². The minimum Gasteiger partial charge on any atom is -0.396 e. The van der Waals surface area contributed by atoms with Gasteiger partial charge in [0.1, 0.15) is 0 Å². The van der Waals surface area contributed by atoms with E-state index in [4.69, 9.17) is 9.84 Å². The van der Waals surface area contributed by atoms with Gasteiger partial charge in [-0.05, 0) is 19.3 Å². The highest BCUT2D eigenvalue weighted by Gasteiger charge is 2.04. The van der Waals surface area contributed by atoms with E-state index in [9.17, 15) is 0 Å². The van der Waals surface area contributed by atoms with Crippen molar-refractivity contribution in [2.45, 2.75) is 26.3 Å². The minimum atomic E-state index is 0.257. The van der Waals surface area contributed by atoms with Gasteiger partial charge in [-0.2, -0.15) is 0 Å². The molecule has 74 valence electrons. The van der Waals surface area contributed by atoms with Crippen LogP contribution in [-0.2, 0) is 4.74 Å². The van der Waals surface area contributed by atoms with E-state index in [2.05, 4.69) is 19.2 Å². The zero-order chi connectivity index (χ0) is 9.40. The topological polar surface area (TPSA) is 41.5 Å². The quantitative estimate of drug-likeness (QED) is 0.596. The Kier molecular flexibility index (Phi) is 7.45. The molecular weight excluding hydrogens is 154 g/mol. The van der Waals surface area contributed by atoms with E-state index in [0.717, 1.165) is 19.6 Å². The van der Waals surface area contributed by atoms with Crippen LogP contribution in [0.1, 0.15) is 20.3 Å². The van der Waals surface area contributed by atoms with E-state index >= 15 is 0 Å². The second-order valence-corrected chi connectivity index (χ2v) is 3.38. The summed E-state index contributed by atoms with van der Waals surface area (Å²) in [6, 6.07) is 0.398. The first kappa shape index (κ1) is 11.9. The van der Waals surface area contributed by atoms with Crippen molar-refractivity contribution in [3.8, 4) is 0 Å². The highest BCUT2D eigenvalue weighted by atomic mass is 16.5. The van der Waals surface area contributed by atoms with Gasteiger partial charge >= 0.3 is 0 Å². The molecule has 0 aliphatic carbocycles. The molecule has 0 amide bonds. The van der Waals surface area contributed by atoms with Gasteiger partial charge in [-0.25, -0.2) is 0 Å². The first-order valence-corrected chi connectivity index (χ1v) is 4.53. The zero-order valence-corrected chi connectivity index (χ0v) is 8.34. The molecule has 0 saturated carbocycles. The standard InChI is InChI=1S/C9H21NO2/c1-8(7-12-3)6-10-9(2)4-5-11/h8-11H,4-7H2,1-3H3. The van der Waals surface area contributed by atoms with Crippen LogP contribution in [0.2, 0.25) is 0 Å². The molecule has 0 bridgehead atoms. The van der Waals surface area contributed by atoms with Gasteiger partial charge in [0.25, 0.3) is 0 Å². The van der Waals surface area contributed by atoms with Crippen LogP contribution >= 0.6 is 0 Å². The van der Waals surface area contributed by atoms with E-state index in [-0.39, 0.29) is 6.61 Å². The Labute approximate surface area is 75.1 Å². The largest absolute Gasteiger partial charge is 0.396 e. The first-order chi connectivity index (χ1) is 5.70. The molecule has 0 rings (SSSR count). The lowest BCUT2D eigenvalue weighted by Gasteiger charge is -2.16. The number of rotatable bonds is 7. The van der Waals surface area contributed by atoms with Gasteiger partial charge in [-0.3, -0.25) is 0 Å². The summed E-state index contributed by atoms with van der Waals surface area (Å²) in [6.45, 7) is 6.22. The Morgan fingerprint density at radius 3 is 2.58 bits per heavy atom. The van der Waals surface area contributed by atoms with E-state index in [1.807, 2.05) is 0 Å². The molecule has 2 atom stereocenters. The molecule has 0 aliphatic heterocycles. The summed E-state index contributed by atoms with van der Waals surface area (Å²) in [5.41, 5.74) is 0. The number of hydrogen-bond donors (Lipinski definition) is 2. The lowest BCUT2D eigenvalue weighted by atomic mass is 10.1. The molecular formula is C9H21NO2. The minimum absolute atomic E-state index is 0.257. The Balaban J connectivity index is 3.27. The molecule has 0 aromatic rings. The highest BCUT2D eigenvalue weighted by molar-refractivity contribution is 4.62. The summed E-state index contributed by atoms with van der Waals surface area (Å²) in [5.74, 6) is 0.538. The van der Waals surface area contributed by atoms with Crippen molar-refractivity contribution >= 4 is 0 Å². The molecule has 0 fully saturated rings. The van der Waals surface area contributed by atoms with Gasteiger partial charge in [-0.15, -0.1) is 0 Å². The predicted molar refractivity (Wildman–Crippen MR) is 50.2 cm³/mol. The summed E-state index contributed by atoms with van der Waals surface area (Å²) < 4.78 is 5.01. The normalized spacial score (nSPS) is 16.0. The lowest BCUT2D eigenvalue weighted by Crippen LogP contribution is -2.32. The number of methoxy groups -OCH3 is 1. The van der Waals surface area contributed by atoms with Crippen LogP contribution in [0.25, 0.3) is 0 Å². The second kappa shape index (κ2) is 7.53. The number of hydrogen-bond acceptors (Lipinski definition) is 3. The van der Waals surface area contributed by atoms with Crippen LogP contribution in [0, 0.1) is 5.92 Å². The van der Waals surface area contributed by atoms with Gasteiger partial charge in [0.2, 0.25) is 0 Å². The number of nitrogens with one attached hydrogen (secondary N) is 1. The molecule has 0 spiro atoms. The van der Waals surface area contributed by atoms with Crippen LogP contribution in [0.3, 0.4) is 0 Å². The fourth-order valence-electron chi connectivity index (χ4n) is 1.04.